The average molecular weight is 249 g/mol. The number of rotatable bonds is 3. The van der Waals surface area contributed by atoms with E-state index in [2.05, 4.69) is 36.3 Å². The first kappa shape index (κ1) is 13.3. The molecule has 3 N–H and O–H groups in total. The highest BCUT2D eigenvalue weighted by Gasteiger charge is 2.26. The minimum absolute atomic E-state index is 0.0346. The average Bonchev–Trinajstić information content (AvgIpc) is 2.38. The summed E-state index contributed by atoms with van der Waals surface area (Å²) in [6, 6.07) is 6.59. The first-order valence-corrected chi connectivity index (χ1v) is 6.44. The molecule has 4 nitrogen and oxygen atoms in total. The maximum Gasteiger partial charge on any atom is 0.121 e. The molecule has 1 aromatic carbocycles. The third-order valence-electron chi connectivity index (χ3n) is 3.78. The van der Waals surface area contributed by atoms with Crippen molar-refractivity contribution in [2.75, 3.05) is 33.8 Å². The Morgan fingerprint density at radius 3 is 2.89 bits per heavy atom. The molecule has 1 saturated heterocycles. The number of methoxy groups -OCH3 is 1. The van der Waals surface area contributed by atoms with Crippen LogP contribution >= 0.6 is 0 Å². The Morgan fingerprint density at radius 1 is 1.50 bits per heavy atom. The van der Waals surface area contributed by atoms with Gasteiger partial charge in [0.15, 0.2) is 0 Å². The van der Waals surface area contributed by atoms with Gasteiger partial charge in [-0.3, -0.25) is 4.90 Å². The molecule has 0 amide bonds. The van der Waals surface area contributed by atoms with E-state index in [-0.39, 0.29) is 6.04 Å². The number of benzene rings is 1. The van der Waals surface area contributed by atoms with Gasteiger partial charge in [-0.25, -0.2) is 0 Å². The van der Waals surface area contributed by atoms with Gasteiger partial charge < -0.3 is 15.8 Å². The van der Waals surface area contributed by atoms with Crippen molar-refractivity contribution in [1.82, 2.24) is 10.2 Å². The number of ether oxygens (including phenoxy) is 1. The van der Waals surface area contributed by atoms with Crippen LogP contribution in [-0.4, -0.2) is 44.7 Å². The van der Waals surface area contributed by atoms with Gasteiger partial charge in [-0.15, -0.1) is 0 Å². The lowest BCUT2D eigenvalue weighted by Crippen LogP contribution is -2.53. The Balaban J connectivity index is 2.17. The van der Waals surface area contributed by atoms with Gasteiger partial charge in [0, 0.05) is 31.7 Å². The summed E-state index contributed by atoms with van der Waals surface area (Å²) in [7, 11) is 3.84. The largest absolute Gasteiger partial charge is 0.496 e. The molecule has 1 aliphatic rings. The summed E-state index contributed by atoms with van der Waals surface area (Å²) < 4.78 is 5.28. The fraction of sp³-hybridized carbons (Fsp3) is 0.571. The van der Waals surface area contributed by atoms with Crippen LogP contribution in [-0.2, 0) is 0 Å². The van der Waals surface area contributed by atoms with E-state index in [1.165, 1.54) is 5.56 Å². The van der Waals surface area contributed by atoms with Crippen molar-refractivity contribution in [1.29, 1.82) is 0 Å². The molecule has 18 heavy (non-hydrogen) atoms. The summed E-state index contributed by atoms with van der Waals surface area (Å²) in [4.78, 5) is 2.33. The lowest BCUT2D eigenvalue weighted by Gasteiger charge is -2.37. The lowest BCUT2D eigenvalue weighted by molar-refractivity contribution is 0.174. The van der Waals surface area contributed by atoms with Crippen molar-refractivity contribution in [3.05, 3.63) is 29.3 Å². The number of hydrogen-bond donors (Lipinski definition) is 2. The van der Waals surface area contributed by atoms with Gasteiger partial charge in [-0.2, -0.15) is 0 Å². The third-order valence-corrected chi connectivity index (χ3v) is 3.78. The van der Waals surface area contributed by atoms with Crippen LogP contribution in [0.3, 0.4) is 0 Å². The monoisotopic (exact) mass is 249 g/mol. The number of hydrogen-bond acceptors (Lipinski definition) is 4. The van der Waals surface area contributed by atoms with Gasteiger partial charge in [0.2, 0.25) is 0 Å². The number of aryl methyl sites for hydroxylation is 1. The maximum absolute atomic E-state index is 6.40. The second-order valence-corrected chi connectivity index (χ2v) is 5.01. The fourth-order valence-electron chi connectivity index (χ4n) is 2.56. The number of nitrogens with two attached hydrogens (primary N) is 1. The summed E-state index contributed by atoms with van der Waals surface area (Å²) in [5, 5.41) is 3.41. The maximum atomic E-state index is 6.40. The molecule has 2 rings (SSSR count). The Morgan fingerprint density at radius 2 is 2.28 bits per heavy atom. The molecule has 100 valence electrons. The highest BCUT2D eigenvalue weighted by molar-refractivity contribution is 5.37. The molecule has 2 unspecified atom stereocenters. The predicted molar refractivity (Wildman–Crippen MR) is 73.9 cm³/mol. The van der Waals surface area contributed by atoms with Crippen molar-refractivity contribution in [2.24, 2.45) is 5.73 Å². The molecule has 1 heterocycles. The molecule has 0 saturated carbocycles. The van der Waals surface area contributed by atoms with Gasteiger partial charge in [0.05, 0.1) is 7.11 Å². The zero-order chi connectivity index (χ0) is 13.1. The van der Waals surface area contributed by atoms with Crippen LogP contribution in [0, 0.1) is 6.92 Å². The van der Waals surface area contributed by atoms with Crippen molar-refractivity contribution in [2.45, 2.75) is 19.0 Å². The zero-order valence-corrected chi connectivity index (χ0v) is 11.4. The molecule has 0 spiro atoms. The van der Waals surface area contributed by atoms with Crippen LogP contribution in [0.2, 0.25) is 0 Å². The molecule has 1 aromatic rings. The third kappa shape index (κ3) is 2.66. The summed E-state index contributed by atoms with van der Waals surface area (Å²) in [5.74, 6) is 0.918. The van der Waals surface area contributed by atoms with Crippen molar-refractivity contribution in [3.8, 4) is 5.75 Å². The van der Waals surface area contributed by atoms with Crippen LogP contribution in [0.4, 0.5) is 0 Å². The van der Waals surface area contributed by atoms with E-state index < -0.39 is 0 Å². The van der Waals surface area contributed by atoms with Gasteiger partial charge in [-0.05, 0) is 31.2 Å². The van der Waals surface area contributed by atoms with Gasteiger partial charge in [0.25, 0.3) is 0 Å². The molecule has 0 radical (unpaired) electrons. The van der Waals surface area contributed by atoms with Crippen molar-refractivity contribution >= 4 is 0 Å². The second kappa shape index (κ2) is 5.69. The molecule has 0 aliphatic carbocycles. The zero-order valence-electron chi connectivity index (χ0n) is 11.4. The molecule has 2 atom stereocenters. The number of piperazine rings is 1. The van der Waals surface area contributed by atoms with Gasteiger partial charge in [0.1, 0.15) is 5.75 Å². The van der Waals surface area contributed by atoms with E-state index in [4.69, 9.17) is 10.5 Å². The van der Waals surface area contributed by atoms with Gasteiger partial charge in [-0.1, -0.05) is 12.1 Å². The molecule has 0 aromatic heterocycles. The lowest BCUT2D eigenvalue weighted by atomic mass is 9.96. The predicted octanol–water partition coefficient (Wildman–Crippen LogP) is 0.907. The van der Waals surface area contributed by atoms with E-state index in [0.717, 1.165) is 30.9 Å². The normalized spacial score (nSPS) is 22.8. The first-order valence-electron chi connectivity index (χ1n) is 6.44. The van der Waals surface area contributed by atoms with Crippen molar-refractivity contribution in [3.63, 3.8) is 0 Å². The molecular formula is C14H23N3O. The standard InChI is InChI=1S/C14H23N3O/c1-10-8-11(4-5-13(10)18-3)14(15)12-9-16-6-7-17(12)2/h4-5,8,12,14,16H,6-7,9,15H2,1-3H3. The summed E-state index contributed by atoms with van der Waals surface area (Å²) in [5.41, 5.74) is 8.71. The Bertz CT molecular complexity index is 408. The van der Waals surface area contributed by atoms with Crippen LogP contribution in [0.1, 0.15) is 17.2 Å². The molecule has 1 aliphatic heterocycles. The second-order valence-electron chi connectivity index (χ2n) is 5.01. The summed E-state index contributed by atoms with van der Waals surface area (Å²) in [6.07, 6.45) is 0. The SMILES string of the molecule is COc1ccc(C(N)C2CNCCN2C)cc1C. The van der Waals surface area contributed by atoms with Crippen LogP contribution in [0.5, 0.6) is 5.75 Å². The highest BCUT2D eigenvalue weighted by Crippen LogP contribution is 2.24. The smallest absolute Gasteiger partial charge is 0.121 e. The molecular weight excluding hydrogens is 226 g/mol. The van der Waals surface area contributed by atoms with Gasteiger partial charge >= 0.3 is 0 Å². The van der Waals surface area contributed by atoms with E-state index in [1.807, 2.05) is 6.07 Å². The van der Waals surface area contributed by atoms with E-state index in [1.54, 1.807) is 7.11 Å². The first-order chi connectivity index (χ1) is 8.63. The molecule has 0 bridgehead atoms. The number of likely N-dealkylation sites (N-methyl/N-ethyl adjacent to an activating group) is 1. The topological polar surface area (TPSA) is 50.5 Å². The number of nitrogens with zero attached hydrogens (tertiary/aromatic N) is 1. The minimum atomic E-state index is 0.0346. The van der Waals surface area contributed by atoms with Crippen molar-refractivity contribution < 1.29 is 4.74 Å². The molecule has 1 fully saturated rings. The van der Waals surface area contributed by atoms with E-state index in [9.17, 15) is 0 Å². The van der Waals surface area contributed by atoms with Crippen LogP contribution in [0.15, 0.2) is 18.2 Å². The van der Waals surface area contributed by atoms with Crippen LogP contribution in [0.25, 0.3) is 0 Å². The quantitative estimate of drug-likeness (QED) is 0.836. The Hall–Kier alpha value is -1.10. The van der Waals surface area contributed by atoms with Crippen LogP contribution < -0.4 is 15.8 Å². The highest BCUT2D eigenvalue weighted by atomic mass is 16.5. The van der Waals surface area contributed by atoms with E-state index in [0.29, 0.717) is 6.04 Å². The minimum Gasteiger partial charge on any atom is -0.496 e. The summed E-state index contributed by atoms with van der Waals surface area (Å²) in [6.45, 7) is 5.09. The molecule has 4 heteroatoms. The Labute approximate surface area is 109 Å². The fourth-order valence-corrected chi connectivity index (χ4v) is 2.56. The number of nitrogens with one attached hydrogen (secondary N) is 1. The Kier molecular flexibility index (Phi) is 4.22. The van der Waals surface area contributed by atoms with E-state index >= 15 is 0 Å². The summed E-state index contributed by atoms with van der Waals surface area (Å²) >= 11 is 0.